The number of aliphatic hydroxyl groups excluding tert-OH is 1. The molecule has 2 unspecified atom stereocenters. The minimum Gasteiger partial charge on any atom is -0.386 e. The number of aliphatic hydroxyl groups is 1. The molecule has 2 rings (SSSR count). The van der Waals surface area contributed by atoms with Gasteiger partial charge >= 0.3 is 0 Å². The lowest BCUT2D eigenvalue weighted by atomic mass is 10.0. The van der Waals surface area contributed by atoms with E-state index in [1.165, 1.54) is 12.1 Å². The molecule has 2 atom stereocenters. The molecule has 1 aliphatic heterocycles. The van der Waals surface area contributed by atoms with E-state index in [0.29, 0.717) is 5.56 Å². The fourth-order valence-electron chi connectivity index (χ4n) is 2.26. The molecule has 0 spiro atoms. The van der Waals surface area contributed by atoms with E-state index in [0.717, 1.165) is 31.6 Å². The molecule has 1 fully saturated rings. The standard InChI is InChI=1S/C14H19FN2O/c1-10(17-8-2-3-9-17)13(16)14(18)11-4-6-12(15)7-5-11/h4-7,13-14,18H,1-3,8-9,16H2. The second-order valence-corrected chi connectivity index (χ2v) is 4.71. The summed E-state index contributed by atoms with van der Waals surface area (Å²) in [6.45, 7) is 5.86. The average molecular weight is 250 g/mol. The normalized spacial score (nSPS) is 18.7. The summed E-state index contributed by atoms with van der Waals surface area (Å²) in [7, 11) is 0. The number of nitrogens with zero attached hydrogens (tertiary/aromatic N) is 1. The van der Waals surface area contributed by atoms with E-state index in [9.17, 15) is 9.50 Å². The summed E-state index contributed by atoms with van der Waals surface area (Å²) in [6.07, 6.45) is 1.43. The van der Waals surface area contributed by atoms with Gasteiger partial charge in [-0.3, -0.25) is 0 Å². The van der Waals surface area contributed by atoms with Crippen LogP contribution < -0.4 is 5.73 Å². The highest BCUT2D eigenvalue weighted by Gasteiger charge is 2.24. The third-order valence-electron chi connectivity index (χ3n) is 3.45. The molecule has 0 bridgehead atoms. The zero-order valence-electron chi connectivity index (χ0n) is 10.3. The summed E-state index contributed by atoms with van der Waals surface area (Å²) in [4.78, 5) is 2.11. The molecule has 0 radical (unpaired) electrons. The lowest BCUT2D eigenvalue weighted by Gasteiger charge is -2.28. The third-order valence-corrected chi connectivity index (χ3v) is 3.45. The number of hydrogen-bond acceptors (Lipinski definition) is 3. The second-order valence-electron chi connectivity index (χ2n) is 4.71. The van der Waals surface area contributed by atoms with Crippen molar-refractivity contribution in [2.24, 2.45) is 5.73 Å². The minimum atomic E-state index is -0.848. The van der Waals surface area contributed by atoms with E-state index in [1.54, 1.807) is 12.1 Å². The van der Waals surface area contributed by atoms with Crippen LogP contribution in [0.2, 0.25) is 0 Å². The first-order valence-electron chi connectivity index (χ1n) is 6.22. The Morgan fingerprint density at radius 2 is 1.83 bits per heavy atom. The fourth-order valence-corrected chi connectivity index (χ4v) is 2.26. The predicted octanol–water partition coefficient (Wildman–Crippen LogP) is 1.80. The average Bonchev–Trinajstić information content (AvgIpc) is 2.91. The van der Waals surface area contributed by atoms with Crippen LogP contribution in [0.5, 0.6) is 0 Å². The zero-order valence-corrected chi connectivity index (χ0v) is 10.3. The van der Waals surface area contributed by atoms with E-state index in [2.05, 4.69) is 11.5 Å². The molecule has 98 valence electrons. The monoisotopic (exact) mass is 250 g/mol. The van der Waals surface area contributed by atoms with E-state index in [1.807, 2.05) is 0 Å². The summed E-state index contributed by atoms with van der Waals surface area (Å²) >= 11 is 0. The summed E-state index contributed by atoms with van der Waals surface area (Å²) in [6, 6.07) is 5.20. The number of hydrogen-bond donors (Lipinski definition) is 2. The van der Waals surface area contributed by atoms with Gasteiger partial charge in [0.25, 0.3) is 0 Å². The van der Waals surface area contributed by atoms with Crippen LogP contribution in [-0.2, 0) is 0 Å². The van der Waals surface area contributed by atoms with Gasteiger partial charge in [0.05, 0.1) is 12.1 Å². The molecule has 0 amide bonds. The van der Waals surface area contributed by atoms with Crippen molar-refractivity contribution in [1.29, 1.82) is 0 Å². The van der Waals surface area contributed by atoms with Crippen LogP contribution >= 0.6 is 0 Å². The molecular formula is C14H19FN2O. The second kappa shape index (κ2) is 5.50. The molecular weight excluding hydrogens is 231 g/mol. The molecule has 0 aromatic heterocycles. The van der Waals surface area contributed by atoms with Gasteiger partial charge in [-0.1, -0.05) is 18.7 Å². The van der Waals surface area contributed by atoms with Crippen LogP contribution in [0.25, 0.3) is 0 Å². The smallest absolute Gasteiger partial charge is 0.123 e. The lowest BCUT2D eigenvalue weighted by molar-refractivity contribution is 0.146. The van der Waals surface area contributed by atoms with Gasteiger partial charge in [0.2, 0.25) is 0 Å². The van der Waals surface area contributed by atoms with Crippen molar-refractivity contribution < 1.29 is 9.50 Å². The van der Waals surface area contributed by atoms with Crippen LogP contribution in [-0.4, -0.2) is 29.1 Å². The molecule has 4 heteroatoms. The van der Waals surface area contributed by atoms with Gasteiger partial charge in [-0.2, -0.15) is 0 Å². The molecule has 1 aromatic rings. The Balaban J connectivity index is 2.05. The van der Waals surface area contributed by atoms with Crippen molar-refractivity contribution in [2.45, 2.75) is 25.0 Å². The first-order chi connectivity index (χ1) is 8.59. The van der Waals surface area contributed by atoms with Crippen LogP contribution in [0.4, 0.5) is 4.39 Å². The van der Waals surface area contributed by atoms with Crippen LogP contribution in [0.15, 0.2) is 36.5 Å². The Hall–Kier alpha value is -1.39. The van der Waals surface area contributed by atoms with Crippen LogP contribution in [0.1, 0.15) is 24.5 Å². The van der Waals surface area contributed by atoms with Crippen molar-refractivity contribution in [2.75, 3.05) is 13.1 Å². The Bertz CT molecular complexity index is 412. The van der Waals surface area contributed by atoms with Crippen molar-refractivity contribution in [1.82, 2.24) is 4.90 Å². The number of halogens is 1. The summed E-state index contributed by atoms with van der Waals surface area (Å²) in [5.41, 5.74) is 7.39. The highest BCUT2D eigenvalue weighted by molar-refractivity contribution is 5.23. The van der Waals surface area contributed by atoms with Gasteiger partial charge in [-0.15, -0.1) is 0 Å². The van der Waals surface area contributed by atoms with Crippen molar-refractivity contribution >= 4 is 0 Å². The van der Waals surface area contributed by atoms with Gasteiger partial charge in [-0.25, -0.2) is 4.39 Å². The Morgan fingerprint density at radius 1 is 1.28 bits per heavy atom. The van der Waals surface area contributed by atoms with E-state index in [4.69, 9.17) is 5.73 Å². The fraction of sp³-hybridized carbons (Fsp3) is 0.429. The first kappa shape index (κ1) is 13.1. The third kappa shape index (κ3) is 2.71. The maximum Gasteiger partial charge on any atom is 0.123 e. The largest absolute Gasteiger partial charge is 0.386 e. The maximum absolute atomic E-state index is 12.8. The highest BCUT2D eigenvalue weighted by atomic mass is 19.1. The molecule has 18 heavy (non-hydrogen) atoms. The summed E-state index contributed by atoms with van der Waals surface area (Å²) in [5.74, 6) is -0.321. The Kier molecular flexibility index (Phi) is 3.99. The SMILES string of the molecule is C=C(C(N)C(O)c1ccc(F)cc1)N1CCCC1. The molecule has 3 nitrogen and oxygen atoms in total. The molecule has 1 aliphatic rings. The number of likely N-dealkylation sites (tertiary alicyclic amines) is 1. The lowest BCUT2D eigenvalue weighted by Crippen LogP contribution is -2.37. The molecule has 1 heterocycles. The number of benzene rings is 1. The zero-order chi connectivity index (χ0) is 13.1. The van der Waals surface area contributed by atoms with Crippen molar-refractivity contribution in [3.8, 4) is 0 Å². The highest BCUT2D eigenvalue weighted by Crippen LogP contribution is 2.24. The van der Waals surface area contributed by atoms with Gasteiger partial charge in [0.1, 0.15) is 5.82 Å². The topological polar surface area (TPSA) is 49.5 Å². The predicted molar refractivity (Wildman–Crippen MR) is 69.3 cm³/mol. The number of nitrogens with two attached hydrogens (primary N) is 1. The van der Waals surface area contributed by atoms with Crippen molar-refractivity contribution in [3.05, 3.63) is 47.9 Å². The summed E-state index contributed by atoms with van der Waals surface area (Å²) < 4.78 is 12.8. The van der Waals surface area contributed by atoms with E-state index in [-0.39, 0.29) is 5.82 Å². The first-order valence-corrected chi connectivity index (χ1v) is 6.22. The van der Waals surface area contributed by atoms with Crippen molar-refractivity contribution in [3.63, 3.8) is 0 Å². The Labute approximate surface area is 107 Å². The molecule has 3 N–H and O–H groups in total. The minimum absolute atomic E-state index is 0.321. The number of rotatable bonds is 4. The van der Waals surface area contributed by atoms with Gasteiger partial charge in [0.15, 0.2) is 0 Å². The summed E-state index contributed by atoms with van der Waals surface area (Å²) in [5, 5.41) is 10.2. The van der Waals surface area contributed by atoms with Gasteiger partial charge < -0.3 is 15.7 Å². The molecule has 1 aromatic carbocycles. The van der Waals surface area contributed by atoms with Crippen LogP contribution in [0.3, 0.4) is 0 Å². The van der Waals surface area contributed by atoms with E-state index >= 15 is 0 Å². The van der Waals surface area contributed by atoms with Crippen LogP contribution in [0, 0.1) is 5.82 Å². The molecule has 0 aliphatic carbocycles. The van der Waals surface area contributed by atoms with Gasteiger partial charge in [-0.05, 0) is 30.5 Å². The quantitative estimate of drug-likeness (QED) is 0.856. The maximum atomic E-state index is 12.8. The van der Waals surface area contributed by atoms with E-state index < -0.39 is 12.1 Å². The Morgan fingerprint density at radius 3 is 2.39 bits per heavy atom. The molecule has 0 saturated carbocycles. The van der Waals surface area contributed by atoms with Gasteiger partial charge in [0, 0.05) is 18.8 Å². The molecule has 1 saturated heterocycles.